The third-order valence-electron chi connectivity index (χ3n) is 6.04. The zero-order chi connectivity index (χ0) is 21.1. The Morgan fingerprint density at radius 1 is 0.933 bits per heavy atom. The molecule has 2 aromatic carbocycles. The van der Waals surface area contributed by atoms with Gasteiger partial charge in [-0.1, -0.05) is 35.9 Å². The quantitative estimate of drug-likeness (QED) is 0.849. The summed E-state index contributed by atoms with van der Waals surface area (Å²) < 4.78 is 0. The third-order valence-corrected chi connectivity index (χ3v) is 6.04. The number of rotatable bonds is 4. The van der Waals surface area contributed by atoms with E-state index in [9.17, 15) is 14.4 Å². The molecule has 2 aromatic rings. The number of amides is 3. The lowest BCUT2D eigenvalue weighted by atomic mass is 9.94. The summed E-state index contributed by atoms with van der Waals surface area (Å²) in [6.45, 7) is 3.55. The number of likely N-dealkylation sites (tertiary alicyclic amines) is 1. The van der Waals surface area contributed by atoms with Crippen molar-refractivity contribution in [2.75, 3.05) is 29.9 Å². The lowest BCUT2D eigenvalue weighted by molar-refractivity contribution is -0.138. The summed E-state index contributed by atoms with van der Waals surface area (Å²) in [7, 11) is 0. The summed E-state index contributed by atoms with van der Waals surface area (Å²) in [6.07, 6.45) is 1.54. The fourth-order valence-corrected chi connectivity index (χ4v) is 4.23. The highest BCUT2D eigenvalue weighted by atomic mass is 16.2. The molecule has 2 fully saturated rings. The first kappa shape index (κ1) is 20.1. The maximum absolute atomic E-state index is 13.0. The maximum Gasteiger partial charge on any atom is 0.228 e. The molecule has 30 heavy (non-hydrogen) atoms. The second-order valence-corrected chi connectivity index (χ2v) is 8.20. The Morgan fingerprint density at radius 2 is 1.60 bits per heavy atom. The fraction of sp³-hybridized carbons (Fsp3) is 0.375. The van der Waals surface area contributed by atoms with Gasteiger partial charge in [-0.25, -0.2) is 0 Å². The smallest absolute Gasteiger partial charge is 0.228 e. The van der Waals surface area contributed by atoms with Gasteiger partial charge in [-0.05, 0) is 44.0 Å². The van der Waals surface area contributed by atoms with E-state index in [0.29, 0.717) is 32.5 Å². The van der Waals surface area contributed by atoms with E-state index in [2.05, 4.69) is 5.32 Å². The number of carbonyl (C=O) groups excluding carboxylic acids is 3. The van der Waals surface area contributed by atoms with Crippen molar-refractivity contribution in [1.29, 1.82) is 0 Å². The molecule has 156 valence electrons. The predicted molar refractivity (Wildman–Crippen MR) is 116 cm³/mol. The van der Waals surface area contributed by atoms with Gasteiger partial charge in [0, 0.05) is 43.3 Å². The van der Waals surface area contributed by atoms with Gasteiger partial charge in [0.15, 0.2) is 0 Å². The largest absolute Gasteiger partial charge is 0.342 e. The second kappa shape index (κ2) is 8.69. The van der Waals surface area contributed by atoms with E-state index in [0.717, 1.165) is 16.9 Å². The van der Waals surface area contributed by atoms with Gasteiger partial charge in [-0.3, -0.25) is 14.4 Å². The number of hydrogen-bond donors (Lipinski definition) is 1. The SMILES string of the molecule is Cc1ccc(NC(=O)C2CCN(C(=O)C3CC(=O)N(c4ccccc4)C3)CC2)cc1. The molecule has 3 amide bonds. The van der Waals surface area contributed by atoms with Gasteiger partial charge in [0.05, 0.1) is 5.92 Å². The van der Waals surface area contributed by atoms with Crippen LogP contribution >= 0.6 is 0 Å². The Labute approximate surface area is 176 Å². The van der Waals surface area contributed by atoms with E-state index in [1.165, 1.54) is 0 Å². The van der Waals surface area contributed by atoms with Crippen molar-refractivity contribution in [3.63, 3.8) is 0 Å². The molecule has 2 saturated heterocycles. The number of para-hydroxylation sites is 1. The maximum atomic E-state index is 13.0. The second-order valence-electron chi connectivity index (χ2n) is 8.20. The molecule has 0 saturated carbocycles. The summed E-state index contributed by atoms with van der Waals surface area (Å²) >= 11 is 0. The molecule has 2 aliphatic heterocycles. The van der Waals surface area contributed by atoms with Crippen LogP contribution < -0.4 is 10.2 Å². The van der Waals surface area contributed by atoms with Crippen LogP contribution in [0.5, 0.6) is 0 Å². The van der Waals surface area contributed by atoms with Gasteiger partial charge in [0.1, 0.15) is 0 Å². The molecule has 2 heterocycles. The van der Waals surface area contributed by atoms with E-state index in [4.69, 9.17) is 0 Å². The first-order chi connectivity index (χ1) is 14.5. The number of piperidine rings is 1. The zero-order valence-corrected chi connectivity index (χ0v) is 17.2. The lowest BCUT2D eigenvalue weighted by Gasteiger charge is -2.33. The van der Waals surface area contributed by atoms with Crippen LogP contribution in [0.2, 0.25) is 0 Å². The van der Waals surface area contributed by atoms with E-state index in [-0.39, 0.29) is 36.0 Å². The summed E-state index contributed by atoms with van der Waals surface area (Å²) in [5, 5.41) is 2.97. The molecule has 1 unspecified atom stereocenters. The van der Waals surface area contributed by atoms with Gasteiger partial charge in [0.2, 0.25) is 17.7 Å². The van der Waals surface area contributed by atoms with Crippen molar-refractivity contribution in [2.45, 2.75) is 26.2 Å². The number of carbonyl (C=O) groups is 3. The van der Waals surface area contributed by atoms with Gasteiger partial charge in [-0.15, -0.1) is 0 Å². The van der Waals surface area contributed by atoms with Gasteiger partial charge >= 0.3 is 0 Å². The van der Waals surface area contributed by atoms with Crippen LogP contribution in [0, 0.1) is 18.8 Å². The molecule has 0 bridgehead atoms. The fourth-order valence-electron chi connectivity index (χ4n) is 4.23. The molecular weight excluding hydrogens is 378 g/mol. The minimum atomic E-state index is -0.310. The number of benzene rings is 2. The topological polar surface area (TPSA) is 69.7 Å². The average Bonchev–Trinajstić information content (AvgIpc) is 3.17. The highest BCUT2D eigenvalue weighted by Crippen LogP contribution is 2.28. The normalized spacial score (nSPS) is 19.8. The number of nitrogens with one attached hydrogen (secondary N) is 1. The van der Waals surface area contributed by atoms with Gasteiger partial charge < -0.3 is 15.1 Å². The molecule has 6 nitrogen and oxygen atoms in total. The molecule has 4 rings (SSSR count). The standard InChI is InChI=1S/C24H27N3O3/c1-17-7-9-20(10-8-17)25-23(29)18-11-13-26(14-12-18)24(30)19-15-22(28)27(16-19)21-5-3-2-4-6-21/h2-10,18-19H,11-16H2,1H3,(H,25,29). The Hall–Kier alpha value is -3.15. The highest BCUT2D eigenvalue weighted by molar-refractivity contribution is 6.00. The molecule has 0 radical (unpaired) electrons. The Morgan fingerprint density at radius 3 is 2.27 bits per heavy atom. The Kier molecular flexibility index (Phi) is 5.84. The molecule has 6 heteroatoms. The molecule has 2 aliphatic rings. The van der Waals surface area contributed by atoms with Crippen molar-refractivity contribution >= 4 is 29.1 Å². The van der Waals surface area contributed by atoms with E-state index in [1.807, 2.05) is 66.4 Å². The predicted octanol–water partition coefficient (Wildman–Crippen LogP) is 3.23. The molecule has 1 N–H and O–H groups in total. The Bertz CT molecular complexity index is 918. The molecular formula is C24H27N3O3. The van der Waals surface area contributed by atoms with Crippen molar-refractivity contribution < 1.29 is 14.4 Å². The first-order valence-electron chi connectivity index (χ1n) is 10.5. The minimum Gasteiger partial charge on any atom is -0.342 e. The van der Waals surface area contributed by atoms with Gasteiger partial charge in [-0.2, -0.15) is 0 Å². The average molecular weight is 405 g/mol. The van der Waals surface area contributed by atoms with Crippen LogP contribution in [0.15, 0.2) is 54.6 Å². The zero-order valence-electron chi connectivity index (χ0n) is 17.2. The first-order valence-corrected chi connectivity index (χ1v) is 10.5. The monoisotopic (exact) mass is 405 g/mol. The van der Waals surface area contributed by atoms with Crippen molar-refractivity contribution in [3.8, 4) is 0 Å². The summed E-state index contributed by atoms with van der Waals surface area (Å²) in [5.74, 6) is -0.375. The number of anilines is 2. The number of hydrogen-bond acceptors (Lipinski definition) is 3. The van der Waals surface area contributed by atoms with Crippen LogP contribution in [0.3, 0.4) is 0 Å². The van der Waals surface area contributed by atoms with Crippen LogP contribution in [0.4, 0.5) is 11.4 Å². The summed E-state index contributed by atoms with van der Waals surface area (Å²) in [5.41, 5.74) is 2.79. The van der Waals surface area contributed by atoms with Crippen LogP contribution in [-0.2, 0) is 14.4 Å². The minimum absolute atomic E-state index is 0.00749. The van der Waals surface area contributed by atoms with Crippen molar-refractivity contribution in [1.82, 2.24) is 4.90 Å². The van der Waals surface area contributed by atoms with E-state index in [1.54, 1.807) is 4.90 Å². The number of nitrogens with zero attached hydrogens (tertiary/aromatic N) is 2. The molecule has 0 aliphatic carbocycles. The molecule has 0 aromatic heterocycles. The van der Waals surface area contributed by atoms with Crippen LogP contribution in [0.25, 0.3) is 0 Å². The van der Waals surface area contributed by atoms with Gasteiger partial charge in [0.25, 0.3) is 0 Å². The third kappa shape index (κ3) is 4.37. The summed E-state index contributed by atoms with van der Waals surface area (Å²) in [4.78, 5) is 41.5. The lowest BCUT2D eigenvalue weighted by Crippen LogP contribution is -2.44. The highest BCUT2D eigenvalue weighted by Gasteiger charge is 2.38. The van der Waals surface area contributed by atoms with E-state index < -0.39 is 0 Å². The Balaban J connectivity index is 1.29. The summed E-state index contributed by atoms with van der Waals surface area (Å²) in [6, 6.07) is 17.2. The van der Waals surface area contributed by atoms with Crippen LogP contribution in [0.1, 0.15) is 24.8 Å². The van der Waals surface area contributed by atoms with Crippen LogP contribution in [-0.4, -0.2) is 42.3 Å². The number of aryl methyl sites for hydroxylation is 1. The van der Waals surface area contributed by atoms with Crippen molar-refractivity contribution in [3.05, 3.63) is 60.2 Å². The molecule has 0 spiro atoms. The van der Waals surface area contributed by atoms with Crippen molar-refractivity contribution in [2.24, 2.45) is 11.8 Å². The molecule has 1 atom stereocenters. The van der Waals surface area contributed by atoms with E-state index >= 15 is 0 Å².